The monoisotopic (exact) mass is 616 g/mol. The number of ketones is 1. The van der Waals surface area contributed by atoms with Crippen molar-refractivity contribution in [2.24, 2.45) is 23.5 Å². The topological polar surface area (TPSA) is 155 Å². The number of nitrogens with one attached hydrogen (secondary N) is 3. The van der Waals surface area contributed by atoms with E-state index in [9.17, 15) is 9.59 Å². The van der Waals surface area contributed by atoms with Crippen LogP contribution in [0.4, 0.5) is 5.69 Å². The lowest BCUT2D eigenvalue weighted by Gasteiger charge is -2.27. The van der Waals surface area contributed by atoms with Crippen LogP contribution in [0.3, 0.4) is 0 Å². The third-order valence-corrected chi connectivity index (χ3v) is 9.77. The zero-order valence-electron chi connectivity index (χ0n) is 26.1. The molecule has 0 spiro atoms. The summed E-state index contributed by atoms with van der Waals surface area (Å²) >= 11 is 0. The number of carbonyl (C=O) groups excluding carboxylic acids is 2. The second kappa shape index (κ2) is 13.0. The first kappa shape index (κ1) is 30.0. The van der Waals surface area contributed by atoms with Gasteiger partial charge in [-0.3, -0.25) is 9.59 Å². The molecule has 0 unspecified atom stereocenters. The molecule has 236 valence electrons. The van der Waals surface area contributed by atoms with Crippen LogP contribution in [-0.4, -0.2) is 48.8 Å². The molecule has 0 aliphatic heterocycles. The number of aromatic nitrogens is 6. The van der Waals surface area contributed by atoms with E-state index in [1.54, 1.807) is 0 Å². The number of fused-ring (bicyclic) bond motifs is 1. The first-order valence-electron chi connectivity index (χ1n) is 16.4. The lowest BCUT2D eigenvalue weighted by Crippen LogP contribution is -2.31. The molecule has 1 atom stereocenters. The molecule has 0 saturated heterocycles. The van der Waals surface area contributed by atoms with E-state index in [1.165, 1.54) is 18.4 Å². The van der Waals surface area contributed by atoms with Crippen LogP contribution in [-0.2, 0) is 16.0 Å². The van der Waals surface area contributed by atoms with Gasteiger partial charge in [-0.1, -0.05) is 24.3 Å². The van der Waals surface area contributed by atoms with Crippen LogP contribution in [0.5, 0.6) is 0 Å². The molecular formula is C36H40N8O2. The van der Waals surface area contributed by atoms with E-state index >= 15 is 0 Å². The Labute approximate surface area is 268 Å². The lowest BCUT2D eigenvalue weighted by molar-refractivity contribution is -0.129. The van der Waals surface area contributed by atoms with Gasteiger partial charge >= 0.3 is 0 Å². The highest BCUT2D eigenvalue weighted by Gasteiger charge is 2.30. The molecule has 46 heavy (non-hydrogen) atoms. The number of nitrogens with zero attached hydrogens (tertiary/aromatic N) is 4. The lowest BCUT2D eigenvalue weighted by atomic mass is 9.77. The zero-order chi connectivity index (χ0) is 31.6. The molecule has 2 aliphatic carbocycles. The predicted molar refractivity (Wildman–Crippen MR) is 178 cm³/mol. The van der Waals surface area contributed by atoms with Crippen LogP contribution in [0.1, 0.15) is 67.8 Å². The van der Waals surface area contributed by atoms with Crippen molar-refractivity contribution in [3.63, 3.8) is 0 Å². The molecule has 3 aromatic carbocycles. The highest BCUT2D eigenvalue weighted by molar-refractivity contribution is 5.96. The number of rotatable bonds is 11. The third-order valence-electron chi connectivity index (χ3n) is 9.77. The fourth-order valence-electron chi connectivity index (χ4n) is 6.77. The number of hydrogen-bond acceptors (Lipinski definition) is 7. The summed E-state index contributed by atoms with van der Waals surface area (Å²) in [6.45, 7) is 2.80. The normalized spacial score (nSPS) is 18.8. The van der Waals surface area contributed by atoms with Gasteiger partial charge in [-0.05, 0) is 128 Å². The third kappa shape index (κ3) is 6.62. The van der Waals surface area contributed by atoms with Gasteiger partial charge in [0.15, 0.2) is 0 Å². The van der Waals surface area contributed by atoms with Gasteiger partial charge in [0, 0.05) is 35.4 Å². The van der Waals surface area contributed by atoms with E-state index in [2.05, 4.69) is 74.2 Å². The Morgan fingerprint density at radius 2 is 1.70 bits per heavy atom. The molecule has 5 N–H and O–H groups in total. The van der Waals surface area contributed by atoms with Crippen molar-refractivity contribution in [1.29, 1.82) is 0 Å². The minimum atomic E-state index is -0.495. The number of carbonyl (C=O) groups is 2. The summed E-state index contributed by atoms with van der Waals surface area (Å²) in [5.41, 5.74) is 13.9. The maximum absolute atomic E-state index is 13.7. The van der Waals surface area contributed by atoms with Crippen LogP contribution >= 0.6 is 0 Å². The summed E-state index contributed by atoms with van der Waals surface area (Å²) in [5, 5.41) is 17.1. The summed E-state index contributed by atoms with van der Waals surface area (Å²) in [7, 11) is 0. The molecule has 2 saturated carbocycles. The first-order valence-corrected chi connectivity index (χ1v) is 16.4. The maximum atomic E-state index is 13.7. The van der Waals surface area contributed by atoms with Crippen molar-refractivity contribution in [3.05, 3.63) is 77.6 Å². The Balaban J connectivity index is 1.08. The highest BCUT2D eigenvalue weighted by atomic mass is 16.2. The summed E-state index contributed by atoms with van der Waals surface area (Å²) in [4.78, 5) is 35.6. The number of aryl methyl sites for hydroxylation is 1. The summed E-state index contributed by atoms with van der Waals surface area (Å²) < 4.78 is 0. The van der Waals surface area contributed by atoms with E-state index in [4.69, 9.17) is 10.7 Å². The van der Waals surface area contributed by atoms with Crippen molar-refractivity contribution in [2.45, 2.75) is 64.2 Å². The molecule has 5 aromatic rings. The second-order valence-corrected chi connectivity index (χ2v) is 13.1. The van der Waals surface area contributed by atoms with E-state index < -0.39 is 5.92 Å². The maximum Gasteiger partial charge on any atom is 0.228 e. The Morgan fingerprint density at radius 1 is 0.957 bits per heavy atom. The molecule has 2 aliphatic rings. The van der Waals surface area contributed by atoms with Gasteiger partial charge in [-0.15, -0.1) is 10.2 Å². The Kier molecular flexibility index (Phi) is 8.45. The highest BCUT2D eigenvalue weighted by Crippen LogP contribution is 2.40. The van der Waals surface area contributed by atoms with Crippen LogP contribution in [0, 0.1) is 24.7 Å². The Hall–Kier alpha value is -4.70. The quantitative estimate of drug-likeness (QED) is 0.139. The van der Waals surface area contributed by atoms with Crippen molar-refractivity contribution in [3.8, 4) is 22.5 Å². The SMILES string of the molecule is Cc1cc2[nH]c(C3CC3)nc2cc1-c1ccc(C[C@H](CC(=O)C2CCC(CN)CC2)C(=O)Nc2ccc(-c3nn[nH]n3)cc2)cc1. The summed E-state index contributed by atoms with van der Waals surface area (Å²) in [6.07, 6.45) is 6.75. The summed E-state index contributed by atoms with van der Waals surface area (Å²) in [5.74, 6) is 2.16. The summed E-state index contributed by atoms with van der Waals surface area (Å²) in [6, 6.07) is 20.0. The number of benzene rings is 3. The molecule has 1 amide bonds. The van der Waals surface area contributed by atoms with E-state index in [-0.39, 0.29) is 24.0 Å². The number of amides is 1. The smallest absolute Gasteiger partial charge is 0.228 e. The van der Waals surface area contributed by atoms with Crippen molar-refractivity contribution < 1.29 is 9.59 Å². The standard InChI is InChI=1S/C36H40N8O2/c1-21-16-31-32(40-34(39-31)26-10-11-26)19-30(21)24-6-2-22(3-7-24)17-28(18-33(45)25-8-4-23(20-37)5-9-25)36(46)38-29-14-12-27(13-15-29)35-41-43-44-42-35/h2-3,6-7,12-16,19,23,25-26,28H,4-5,8-11,17-18,20,37H2,1H3,(H,38,46)(H,39,40)(H,41,42,43,44)/t23?,25?,28-/m1/s1. The fraction of sp³-hybridized carbons (Fsp3) is 0.389. The van der Waals surface area contributed by atoms with Crippen LogP contribution in [0.15, 0.2) is 60.7 Å². The Morgan fingerprint density at radius 3 is 2.37 bits per heavy atom. The molecule has 10 heteroatoms. The average Bonchev–Trinajstić information content (AvgIpc) is 3.62. The van der Waals surface area contributed by atoms with Crippen LogP contribution in [0.25, 0.3) is 33.5 Å². The van der Waals surface area contributed by atoms with Gasteiger partial charge in [-0.2, -0.15) is 5.21 Å². The number of H-pyrrole nitrogens is 2. The van der Waals surface area contributed by atoms with Gasteiger partial charge in [0.1, 0.15) is 11.6 Å². The molecule has 0 radical (unpaired) electrons. The molecule has 0 bridgehead atoms. The van der Waals surface area contributed by atoms with Gasteiger partial charge in [-0.25, -0.2) is 4.98 Å². The van der Waals surface area contributed by atoms with Gasteiger partial charge in [0.25, 0.3) is 0 Å². The molecule has 2 fully saturated rings. The molecular weight excluding hydrogens is 576 g/mol. The molecule has 2 aromatic heterocycles. The number of nitrogens with two attached hydrogens (primary N) is 1. The molecule has 10 nitrogen and oxygen atoms in total. The van der Waals surface area contributed by atoms with Gasteiger partial charge in [0.2, 0.25) is 11.7 Å². The zero-order valence-corrected chi connectivity index (χ0v) is 26.1. The van der Waals surface area contributed by atoms with Gasteiger partial charge in [0.05, 0.1) is 11.0 Å². The van der Waals surface area contributed by atoms with Gasteiger partial charge < -0.3 is 16.0 Å². The van der Waals surface area contributed by atoms with E-state index in [1.807, 2.05) is 24.3 Å². The second-order valence-electron chi connectivity index (χ2n) is 13.1. The first-order chi connectivity index (χ1) is 22.4. The average molecular weight is 617 g/mol. The number of hydrogen-bond donors (Lipinski definition) is 4. The van der Waals surface area contributed by atoms with Crippen molar-refractivity contribution >= 4 is 28.4 Å². The van der Waals surface area contributed by atoms with Crippen LogP contribution < -0.4 is 11.1 Å². The Bertz CT molecular complexity index is 1820. The molecule has 2 heterocycles. The minimum absolute atomic E-state index is 0.00455. The van der Waals surface area contributed by atoms with Crippen molar-refractivity contribution in [2.75, 3.05) is 11.9 Å². The minimum Gasteiger partial charge on any atom is -0.342 e. The number of tetrazole rings is 1. The van der Waals surface area contributed by atoms with E-state index in [0.717, 1.165) is 64.8 Å². The van der Waals surface area contributed by atoms with Crippen LogP contribution in [0.2, 0.25) is 0 Å². The molecule has 7 rings (SSSR count). The number of Topliss-reactive ketones (excluding diaryl/α,β-unsaturated/α-hetero) is 1. The van der Waals surface area contributed by atoms with E-state index in [0.29, 0.717) is 36.3 Å². The predicted octanol–water partition coefficient (Wildman–Crippen LogP) is 6.12. The number of imidazole rings is 1. The fourth-order valence-corrected chi connectivity index (χ4v) is 6.77. The number of aromatic amines is 2. The largest absolute Gasteiger partial charge is 0.342 e. The number of anilines is 1. The van der Waals surface area contributed by atoms with Crippen molar-refractivity contribution in [1.82, 2.24) is 30.6 Å².